The van der Waals surface area contributed by atoms with E-state index in [9.17, 15) is 0 Å². The number of para-hydroxylation sites is 1. The molecule has 1 heterocycles. The van der Waals surface area contributed by atoms with Gasteiger partial charge in [-0.05, 0) is 36.1 Å². The summed E-state index contributed by atoms with van der Waals surface area (Å²) in [5.41, 5.74) is 2.25. The zero-order valence-electron chi connectivity index (χ0n) is 13.1. The van der Waals surface area contributed by atoms with Crippen LogP contribution in [0.4, 0.5) is 0 Å². The molecule has 108 valence electrons. The lowest BCUT2D eigenvalue weighted by atomic mass is 9.83. The minimum absolute atomic E-state index is 0.0364. The zero-order chi connectivity index (χ0) is 15.0. The molecule has 0 aliphatic heterocycles. The van der Waals surface area contributed by atoms with Gasteiger partial charge in [0.05, 0.1) is 18.3 Å². The van der Waals surface area contributed by atoms with E-state index < -0.39 is 0 Å². The lowest BCUT2D eigenvalue weighted by Gasteiger charge is -2.25. The van der Waals surface area contributed by atoms with Crippen LogP contribution in [0.2, 0.25) is 0 Å². The second-order valence-corrected chi connectivity index (χ2v) is 6.13. The molecule has 0 radical (unpaired) electrons. The van der Waals surface area contributed by atoms with Crippen LogP contribution in [-0.4, -0.2) is 12.1 Å². The fraction of sp³-hybridized carbons (Fsp3) is 0.316. The summed E-state index contributed by atoms with van der Waals surface area (Å²) in [6.07, 6.45) is 1.05. The van der Waals surface area contributed by atoms with E-state index in [4.69, 9.17) is 9.72 Å². The molecule has 0 atom stereocenters. The van der Waals surface area contributed by atoms with Gasteiger partial charge < -0.3 is 4.74 Å². The molecule has 0 N–H and O–H groups in total. The molecule has 0 saturated carbocycles. The summed E-state index contributed by atoms with van der Waals surface area (Å²) >= 11 is 0. The van der Waals surface area contributed by atoms with Gasteiger partial charge in [0.1, 0.15) is 5.75 Å². The van der Waals surface area contributed by atoms with Gasteiger partial charge in [0.2, 0.25) is 0 Å². The van der Waals surface area contributed by atoms with Gasteiger partial charge in [-0.3, -0.25) is 4.98 Å². The average Bonchev–Trinajstić information content (AvgIpc) is 2.53. The summed E-state index contributed by atoms with van der Waals surface area (Å²) in [6, 6.07) is 14.6. The maximum atomic E-state index is 5.41. The van der Waals surface area contributed by atoms with Gasteiger partial charge in [0, 0.05) is 16.2 Å². The molecule has 0 bridgehead atoms. The summed E-state index contributed by atoms with van der Waals surface area (Å²) < 4.78 is 5.41. The summed E-state index contributed by atoms with van der Waals surface area (Å²) in [6.45, 7) is 6.72. The van der Waals surface area contributed by atoms with Crippen molar-refractivity contribution in [2.75, 3.05) is 7.11 Å². The molecule has 0 spiro atoms. The van der Waals surface area contributed by atoms with Gasteiger partial charge in [-0.15, -0.1) is 0 Å². The van der Waals surface area contributed by atoms with Gasteiger partial charge in [-0.1, -0.05) is 39.0 Å². The van der Waals surface area contributed by atoms with E-state index in [1.54, 1.807) is 7.11 Å². The number of fused-ring (bicyclic) bond motifs is 3. The van der Waals surface area contributed by atoms with E-state index in [0.717, 1.165) is 23.4 Å². The van der Waals surface area contributed by atoms with E-state index in [2.05, 4.69) is 51.1 Å². The summed E-state index contributed by atoms with van der Waals surface area (Å²) in [5, 5.41) is 3.64. The Bertz CT molecular complexity index is 805. The maximum Gasteiger partial charge on any atom is 0.119 e. The number of benzene rings is 2. The lowest BCUT2D eigenvalue weighted by Crippen LogP contribution is -2.18. The Hall–Kier alpha value is -2.09. The SMILES string of the molecule is CCC(C)(C)c1nc2ccccc2c2ccc(OC)cc12. The first-order valence-corrected chi connectivity index (χ1v) is 7.44. The summed E-state index contributed by atoms with van der Waals surface area (Å²) in [5.74, 6) is 0.882. The highest BCUT2D eigenvalue weighted by atomic mass is 16.5. The standard InChI is InChI=1S/C19H21NO/c1-5-19(2,3)18-16-12-13(21-4)10-11-14(16)15-8-6-7-9-17(15)20-18/h6-12H,5H2,1-4H3. The van der Waals surface area contributed by atoms with Crippen molar-refractivity contribution in [1.29, 1.82) is 0 Å². The Morgan fingerprint density at radius 2 is 1.76 bits per heavy atom. The Balaban J connectivity index is 2.47. The third-order valence-electron chi connectivity index (χ3n) is 4.43. The molecule has 3 rings (SSSR count). The van der Waals surface area contributed by atoms with Crippen molar-refractivity contribution < 1.29 is 4.74 Å². The van der Waals surface area contributed by atoms with Crippen LogP contribution in [0.1, 0.15) is 32.9 Å². The molecule has 2 nitrogen and oxygen atoms in total. The molecule has 0 unspecified atom stereocenters. The van der Waals surface area contributed by atoms with Crippen LogP contribution in [0.3, 0.4) is 0 Å². The number of pyridine rings is 1. The van der Waals surface area contributed by atoms with Crippen LogP contribution in [0.25, 0.3) is 21.7 Å². The molecule has 21 heavy (non-hydrogen) atoms. The van der Waals surface area contributed by atoms with Gasteiger partial charge in [0.25, 0.3) is 0 Å². The number of hydrogen-bond acceptors (Lipinski definition) is 2. The molecule has 0 amide bonds. The molecule has 3 aromatic rings. The van der Waals surface area contributed by atoms with Gasteiger partial charge in [-0.25, -0.2) is 0 Å². The molecule has 0 aliphatic rings. The fourth-order valence-corrected chi connectivity index (χ4v) is 2.74. The second-order valence-electron chi connectivity index (χ2n) is 6.13. The van der Waals surface area contributed by atoms with E-state index in [-0.39, 0.29) is 5.41 Å². The smallest absolute Gasteiger partial charge is 0.119 e. The fourth-order valence-electron chi connectivity index (χ4n) is 2.74. The number of nitrogens with zero attached hydrogens (tertiary/aromatic N) is 1. The van der Waals surface area contributed by atoms with Crippen molar-refractivity contribution in [2.45, 2.75) is 32.6 Å². The number of rotatable bonds is 3. The number of ether oxygens (including phenoxy) is 1. The van der Waals surface area contributed by atoms with Gasteiger partial charge in [-0.2, -0.15) is 0 Å². The Morgan fingerprint density at radius 1 is 1.00 bits per heavy atom. The molecule has 0 aliphatic carbocycles. The topological polar surface area (TPSA) is 22.1 Å². The van der Waals surface area contributed by atoms with Crippen molar-refractivity contribution >= 4 is 21.7 Å². The monoisotopic (exact) mass is 279 g/mol. The highest BCUT2D eigenvalue weighted by molar-refractivity contribution is 6.07. The third kappa shape index (κ3) is 2.25. The first-order valence-electron chi connectivity index (χ1n) is 7.44. The zero-order valence-corrected chi connectivity index (χ0v) is 13.1. The van der Waals surface area contributed by atoms with Crippen molar-refractivity contribution in [3.05, 3.63) is 48.2 Å². The first kappa shape index (κ1) is 13.9. The summed E-state index contributed by atoms with van der Waals surface area (Å²) in [7, 11) is 1.71. The van der Waals surface area contributed by atoms with Gasteiger partial charge in [0.15, 0.2) is 0 Å². The van der Waals surface area contributed by atoms with Crippen LogP contribution in [0.5, 0.6) is 5.75 Å². The van der Waals surface area contributed by atoms with Crippen molar-refractivity contribution in [3.8, 4) is 5.75 Å². The normalized spacial score (nSPS) is 12.0. The minimum atomic E-state index is 0.0364. The highest BCUT2D eigenvalue weighted by Crippen LogP contribution is 2.36. The molecular weight excluding hydrogens is 258 g/mol. The Morgan fingerprint density at radius 3 is 2.48 bits per heavy atom. The first-order chi connectivity index (χ1) is 10.1. The van der Waals surface area contributed by atoms with Gasteiger partial charge >= 0.3 is 0 Å². The predicted octanol–water partition coefficient (Wildman–Crippen LogP) is 5.08. The average molecular weight is 279 g/mol. The molecule has 1 aromatic heterocycles. The molecular formula is C19H21NO. The Labute approximate surface area is 125 Å². The number of aromatic nitrogens is 1. The van der Waals surface area contributed by atoms with E-state index in [0.29, 0.717) is 0 Å². The highest BCUT2D eigenvalue weighted by Gasteiger charge is 2.23. The Kier molecular flexibility index (Phi) is 3.32. The van der Waals surface area contributed by atoms with Crippen molar-refractivity contribution in [2.24, 2.45) is 0 Å². The number of hydrogen-bond donors (Lipinski definition) is 0. The van der Waals surface area contributed by atoms with E-state index >= 15 is 0 Å². The largest absolute Gasteiger partial charge is 0.497 e. The van der Waals surface area contributed by atoms with Crippen molar-refractivity contribution in [1.82, 2.24) is 4.98 Å². The van der Waals surface area contributed by atoms with Crippen LogP contribution in [0, 0.1) is 0 Å². The lowest BCUT2D eigenvalue weighted by molar-refractivity contribution is 0.415. The molecule has 2 heteroatoms. The van der Waals surface area contributed by atoms with Crippen LogP contribution in [0.15, 0.2) is 42.5 Å². The summed E-state index contributed by atoms with van der Waals surface area (Å²) in [4.78, 5) is 4.97. The second kappa shape index (κ2) is 5.03. The quantitative estimate of drug-likeness (QED) is 0.623. The molecule has 0 fully saturated rings. The van der Waals surface area contributed by atoms with Crippen LogP contribution >= 0.6 is 0 Å². The van der Waals surface area contributed by atoms with Crippen LogP contribution < -0.4 is 4.74 Å². The molecule has 2 aromatic carbocycles. The minimum Gasteiger partial charge on any atom is -0.497 e. The predicted molar refractivity (Wildman–Crippen MR) is 89.1 cm³/mol. The number of methoxy groups -OCH3 is 1. The van der Waals surface area contributed by atoms with Crippen LogP contribution in [-0.2, 0) is 5.41 Å². The third-order valence-corrected chi connectivity index (χ3v) is 4.43. The molecule has 0 saturated heterocycles. The van der Waals surface area contributed by atoms with E-state index in [1.165, 1.54) is 16.2 Å². The van der Waals surface area contributed by atoms with Crippen molar-refractivity contribution in [3.63, 3.8) is 0 Å². The maximum absolute atomic E-state index is 5.41. The van der Waals surface area contributed by atoms with E-state index in [1.807, 2.05) is 12.1 Å².